The van der Waals surface area contributed by atoms with Crippen LogP contribution in [0, 0.1) is 0 Å². The van der Waals surface area contributed by atoms with Gasteiger partial charge in [-0.2, -0.15) is 17.7 Å². The van der Waals surface area contributed by atoms with Gasteiger partial charge in [0.1, 0.15) is 5.82 Å². The zero-order valence-electron chi connectivity index (χ0n) is 8.59. The maximum Gasteiger partial charge on any atom is 0.346 e. The molecule has 82 valence electrons. The van der Waals surface area contributed by atoms with E-state index in [-0.39, 0.29) is 5.69 Å². The molecule has 1 aromatic heterocycles. The summed E-state index contributed by atoms with van der Waals surface area (Å²) in [5.41, 5.74) is 0.0218. The Morgan fingerprint density at radius 2 is 2.27 bits per heavy atom. The fourth-order valence-electron chi connectivity index (χ4n) is 1.82. The van der Waals surface area contributed by atoms with Crippen molar-refractivity contribution in [2.45, 2.75) is 32.4 Å². The first-order valence-electron chi connectivity index (χ1n) is 5.25. The Morgan fingerprint density at radius 3 is 3.00 bits per heavy atom. The molecule has 15 heavy (non-hydrogen) atoms. The summed E-state index contributed by atoms with van der Waals surface area (Å²) < 4.78 is 3.32. The Kier molecular flexibility index (Phi) is 3.30. The Labute approximate surface area is 94.0 Å². The Hall–Kier alpha value is -0.970. The fraction of sp³-hybridized carbons (Fsp3) is 0.600. The molecule has 0 saturated heterocycles. The molecule has 5 heteroatoms. The molecule has 1 aromatic rings. The van der Waals surface area contributed by atoms with Crippen LogP contribution in [0.3, 0.4) is 0 Å². The number of hydrogen-bond acceptors (Lipinski definition) is 3. The molecule has 2 heterocycles. The zero-order chi connectivity index (χ0) is 10.7. The maximum atomic E-state index is 11.8. The quantitative estimate of drug-likeness (QED) is 0.612. The minimum Gasteiger partial charge on any atom is -0.279 e. The zero-order valence-corrected chi connectivity index (χ0v) is 9.49. The molecule has 1 aliphatic rings. The molecular formula is C10H15N3OS. The molecule has 1 aliphatic heterocycles. The molecule has 0 N–H and O–H groups in total. The van der Waals surface area contributed by atoms with Gasteiger partial charge in [0.05, 0.1) is 6.54 Å². The van der Waals surface area contributed by atoms with E-state index in [1.54, 1.807) is 4.57 Å². The molecular weight excluding hydrogens is 210 g/mol. The van der Waals surface area contributed by atoms with Gasteiger partial charge in [0.25, 0.3) is 0 Å². The van der Waals surface area contributed by atoms with Crippen molar-refractivity contribution < 1.29 is 0 Å². The van der Waals surface area contributed by atoms with Gasteiger partial charge in [-0.1, -0.05) is 12.2 Å². The molecule has 0 aromatic carbocycles. The van der Waals surface area contributed by atoms with Crippen LogP contribution in [0.1, 0.15) is 18.7 Å². The molecule has 0 aliphatic carbocycles. The number of aromatic nitrogens is 3. The van der Waals surface area contributed by atoms with Gasteiger partial charge >= 0.3 is 5.69 Å². The average Bonchev–Trinajstić information content (AvgIpc) is 2.57. The van der Waals surface area contributed by atoms with Gasteiger partial charge in [-0.3, -0.25) is 4.57 Å². The third-order valence-electron chi connectivity index (χ3n) is 2.58. The smallest absolute Gasteiger partial charge is 0.279 e. The van der Waals surface area contributed by atoms with E-state index >= 15 is 0 Å². The first-order chi connectivity index (χ1) is 7.33. The second-order valence-corrected chi connectivity index (χ2v) is 4.01. The summed E-state index contributed by atoms with van der Waals surface area (Å²) in [4.78, 5) is 11.8. The largest absolute Gasteiger partial charge is 0.346 e. The Balaban J connectivity index is 2.22. The van der Waals surface area contributed by atoms with Gasteiger partial charge in [-0.15, -0.1) is 0 Å². The van der Waals surface area contributed by atoms with E-state index < -0.39 is 0 Å². The van der Waals surface area contributed by atoms with Crippen LogP contribution < -0.4 is 5.69 Å². The minimum absolute atomic E-state index is 0.0218. The monoisotopic (exact) mass is 225 g/mol. The van der Waals surface area contributed by atoms with Crippen LogP contribution in [-0.2, 0) is 19.5 Å². The van der Waals surface area contributed by atoms with Crippen molar-refractivity contribution in [2.24, 2.45) is 0 Å². The van der Waals surface area contributed by atoms with Crippen molar-refractivity contribution in [2.75, 3.05) is 5.75 Å². The van der Waals surface area contributed by atoms with Crippen molar-refractivity contribution in [1.82, 2.24) is 14.3 Å². The number of allylic oxidation sites excluding steroid dienone is 1. The summed E-state index contributed by atoms with van der Waals surface area (Å²) in [5, 5.41) is 4.31. The van der Waals surface area contributed by atoms with Crippen molar-refractivity contribution in [3.8, 4) is 0 Å². The lowest BCUT2D eigenvalue weighted by molar-refractivity contribution is 0.511. The lowest BCUT2D eigenvalue weighted by Gasteiger charge is -2.09. The number of hydrogen-bond donors (Lipinski definition) is 1. The van der Waals surface area contributed by atoms with Crippen molar-refractivity contribution in [1.29, 1.82) is 0 Å². The molecule has 2 rings (SSSR count). The summed E-state index contributed by atoms with van der Waals surface area (Å²) in [6.45, 7) is 1.38. The van der Waals surface area contributed by atoms with Gasteiger partial charge in [0.2, 0.25) is 0 Å². The van der Waals surface area contributed by atoms with E-state index in [2.05, 4.69) is 17.7 Å². The van der Waals surface area contributed by atoms with E-state index in [0.29, 0.717) is 12.3 Å². The van der Waals surface area contributed by atoms with Crippen LogP contribution in [0.15, 0.2) is 16.9 Å². The first-order valence-corrected chi connectivity index (χ1v) is 5.88. The summed E-state index contributed by atoms with van der Waals surface area (Å²) in [5.74, 6) is 1.63. The van der Waals surface area contributed by atoms with E-state index in [4.69, 9.17) is 0 Å². The highest BCUT2D eigenvalue weighted by molar-refractivity contribution is 7.80. The number of thiol groups is 1. The molecule has 0 atom stereocenters. The first kappa shape index (κ1) is 10.5. The molecule has 0 fully saturated rings. The minimum atomic E-state index is 0.0218. The summed E-state index contributed by atoms with van der Waals surface area (Å²) in [6, 6.07) is 0. The molecule has 0 amide bonds. The molecule has 0 spiro atoms. The Morgan fingerprint density at radius 1 is 1.40 bits per heavy atom. The predicted octanol–water partition coefficient (Wildman–Crippen LogP) is 0.867. The highest BCUT2D eigenvalue weighted by Crippen LogP contribution is 2.09. The normalized spacial score (nSPS) is 15.8. The predicted molar refractivity (Wildman–Crippen MR) is 62.4 cm³/mol. The lowest BCUT2D eigenvalue weighted by Crippen LogP contribution is -2.26. The van der Waals surface area contributed by atoms with Crippen LogP contribution >= 0.6 is 12.6 Å². The lowest BCUT2D eigenvalue weighted by atomic mass is 10.2. The van der Waals surface area contributed by atoms with Gasteiger partial charge in [-0.25, -0.2) is 9.48 Å². The van der Waals surface area contributed by atoms with Crippen molar-refractivity contribution in [3.63, 3.8) is 0 Å². The van der Waals surface area contributed by atoms with E-state index in [1.165, 1.54) is 4.68 Å². The van der Waals surface area contributed by atoms with Gasteiger partial charge < -0.3 is 0 Å². The highest BCUT2D eigenvalue weighted by atomic mass is 32.1. The number of aryl methyl sites for hydroxylation is 1. The van der Waals surface area contributed by atoms with Crippen molar-refractivity contribution in [3.05, 3.63) is 28.5 Å². The van der Waals surface area contributed by atoms with Crippen molar-refractivity contribution >= 4 is 12.6 Å². The standard InChI is InChI=1S/C10H15N3OS/c14-10-12-6-2-1-5-9(12)11-13(10)7-3-4-8-15/h3-4,15H,1-2,5-8H2. The highest BCUT2D eigenvalue weighted by Gasteiger charge is 2.15. The van der Waals surface area contributed by atoms with Crippen LogP contribution in [0.5, 0.6) is 0 Å². The van der Waals surface area contributed by atoms with E-state index in [9.17, 15) is 4.79 Å². The SMILES string of the molecule is O=c1n(CC=CCS)nc2n1CCCC2. The molecule has 0 saturated carbocycles. The number of rotatable bonds is 3. The summed E-state index contributed by atoms with van der Waals surface area (Å²) in [6.07, 6.45) is 7.01. The summed E-state index contributed by atoms with van der Waals surface area (Å²) in [7, 11) is 0. The van der Waals surface area contributed by atoms with Crippen LogP contribution in [0.2, 0.25) is 0 Å². The van der Waals surface area contributed by atoms with E-state index in [1.807, 2.05) is 12.2 Å². The summed E-state index contributed by atoms with van der Waals surface area (Å²) >= 11 is 4.07. The van der Waals surface area contributed by atoms with Crippen LogP contribution in [0.4, 0.5) is 0 Å². The molecule has 0 bridgehead atoms. The fourth-order valence-corrected chi connectivity index (χ4v) is 1.97. The van der Waals surface area contributed by atoms with Crippen LogP contribution in [-0.4, -0.2) is 20.1 Å². The Bertz CT molecular complexity index is 419. The topological polar surface area (TPSA) is 39.8 Å². The van der Waals surface area contributed by atoms with Crippen LogP contribution in [0.25, 0.3) is 0 Å². The third kappa shape index (κ3) is 2.17. The second kappa shape index (κ2) is 4.70. The molecule has 4 nitrogen and oxygen atoms in total. The van der Waals surface area contributed by atoms with Gasteiger partial charge in [0.15, 0.2) is 0 Å². The third-order valence-corrected chi connectivity index (χ3v) is 2.79. The second-order valence-electron chi connectivity index (χ2n) is 3.64. The van der Waals surface area contributed by atoms with E-state index in [0.717, 1.165) is 31.6 Å². The number of nitrogens with zero attached hydrogens (tertiary/aromatic N) is 3. The average molecular weight is 225 g/mol. The molecule has 0 radical (unpaired) electrons. The van der Waals surface area contributed by atoms with Gasteiger partial charge in [-0.05, 0) is 12.8 Å². The molecule has 0 unspecified atom stereocenters. The van der Waals surface area contributed by atoms with Gasteiger partial charge in [0, 0.05) is 18.7 Å². The maximum absolute atomic E-state index is 11.8. The number of fused-ring (bicyclic) bond motifs is 1.